The fourth-order valence-electron chi connectivity index (χ4n) is 3.60. The summed E-state index contributed by atoms with van der Waals surface area (Å²) in [6.07, 6.45) is 4.53. The Balaban J connectivity index is 1.65. The van der Waals surface area contributed by atoms with Crippen LogP contribution >= 0.6 is 0 Å². The molecule has 5 nitrogen and oxygen atoms in total. The lowest BCUT2D eigenvalue weighted by atomic mass is 9.97. The molecule has 0 bridgehead atoms. The normalized spacial score (nSPS) is 24.1. The Kier molecular flexibility index (Phi) is 6.10. The minimum absolute atomic E-state index is 0.0822. The van der Waals surface area contributed by atoms with Crippen LogP contribution in [-0.2, 0) is 4.74 Å². The van der Waals surface area contributed by atoms with Gasteiger partial charge in [-0.15, -0.1) is 0 Å². The Morgan fingerprint density at radius 2 is 2.21 bits per heavy atom. The van der Waals surface area contributed by atoms with Crippen molar-refractivity contribution in [3.63, 3.8) is 0 Å². The molecule has 2 atom stereocenters. The largest absolute Gasteiger partial charge is 0.490 e. The zero-order valence-electron chi connectivity index (χ0n) is 14.5. The molecule has 0 aliphatic carbocycles. The summed E-state index contributed by atoms with van der Waals surface area (Å²) < 4.78 is 11.5. The molecule has 1 N–H and O–H groups in total. The minimum Gasteiger partial charge on any atom is -0.490 e. The van der Waals surface area contributed by atoms with Gasteiger partial charge in [-0.25, -0.2) is 0 Å². The molecule has 0 unspecified atom stereocenters. The van der Waals surface area contributed by atoms with Crippen molar-refractivity contribution in [2.45, 2.75) is 31.8 Å². The Morgan fingerprint density at radius 3 is 3.00 bits per heavy atom. The number of benzene rings is 1. The second-order valence-electron chi connectivity index (χ2n) is 6.76. The molecule has 0 radical (unpaired) electrons. The lowest BCUT2D eigenvalue weighted by Crippen LogP contribution is -2.42. The number of piperidine rings is 1. The highest BCUT2D eigenvalue weighted by Gasteiger charge is 2.26. The molecule has 2 aliphatic rings. The standard InChI is InChI=1S/C19H28N2O3/c1-20-12-15-6-4-10-21(13-15)19(22)17-8-2-3-9-18(17)24-14-16-7-5-11-23-16/h2-3,8-9,15-16,20H,4-7,10-14H2,1H3/t15-,16+/m1/s1. The Labute approximate surface area is 144 Å². The Morgan fingerprint density at radius 1 is 1.33 bits per heavy atom. The van der Waals surface area contributed by atoms with Crippen molar-refractivity contribution in [1.29, 1.82) is 0 Å². The molecule has 1 amide bonds. The number of carbonyl (C=O) groups is 1. The molecule has 132 valence electrons. The first-order chi connectivity index (χ1) is 11.8. The lowest BCUT2D eigenvalue weighted by Gasteiger charge is -2.33. The molecule has 2 fully saturated rings. The highest BCUT2D eigenvalue weighted by molar-refractivity contribution is 5.97. The molecule has 0 spiro atoms. The van der Waals surface area contributed by atoms with E-state index in [4.69, 9.17) is 9.47 Å². The van der Waals surface area contributed by atoms with Gasteiger partial charge in [0.2, 0.25) is 0 Å². The fourth-order valence-corrected chi connectivity index (χ4v) is 3.60. The van der Waals surface area contributed by atoms with Gasteiger partial charge in [0.25, 0.3) is 5.91 Å². The Bertz CT molecular complexity index is 541. The van der Waals surface area contributed by atoms with E-state index in [9.17, 15) is 4.79 Å². The van der Waals surface area contributed by atoms with Crippen molar-refractivity contribution in [1.82, 2.24) is 10.2 Å². The van der Waals surface area contributed by atoms with Crippen LogP contribution in [-0.4, -0.2) is 56.8 Å². The predicted molar refractivity (Wildman–Crippen MR) is 93.5 cm³/mol. The van der Waals surface area contributed by atoms with E-state index >= 15 is 0 Å². The van der Waals surface area contributed by atoms with E-state index in [1.54, 1.807) is 0 Å². The highest BCUT2D eigenvalue weighted by atomic mass is 16.5. The van der Waals surface area contributed by atoms with Crippen LogP contribution in [0.25, 0.3) is 0 Å². The Hall–Kier alpha value is -1.59. The van der Waals surface area contributed by atoms with Crippen LogP contribution in [0.4, 0.5) is 0 Å². The topological polar surface area (TPSA) is 50.8 Å². The molecule has 3 rings (SSSR count). The molecule has 0 saturated carbocycles. The molecule has 0 aromatic heterocycles. The summed E-state index contributed by atoms with van der Waals surface area (Å²) in [7, 11) is 1.97. The number of hydrogen-bond donors (Lipinski definition) is 1. The van der Waals surface area contributed by atoms with Crippen LogP contribution in [0.15, 0.2) is 24.3 Å². The summed E-state index contributed by atoms with van der Waals surface area (Å²) in [5.41, 5.74) is 0.667. The molecule has 5 heteroatoms. The van der Waals surface area contributed by atoms with Gasteiger partial charge in [-0.1, -0.05) is 12.1 Å². The first kappa shape index (κ1) is 17.2. The number of carbonyl (C=O) groups excluding carboxylic acids is 1. The van der Waals surface area contributed by atoms with E-state index < -0.39 is 0 Å². The number of para-hydroxylation sites is 1. The summed E-state index contributed by atoms with van der Waals surface area (Å²) in [6, 6.07) is 7.58. The summed E-state index contributed by atoms with van der Waals surface area (Å²) in [5, 5.41) is 3.22. The third-order valence-corrected chi connectivity index (χ3v) is 4.87. The van der Waals surface area contributed by atoms with Crippen molar-refractivity contribution in [3.8, 4) is 5.75 Å². The molecule has 2 heterocycles. The van der Waals surface area contributed by atoms with Gasteiger partial charge in [0.05, 0.1) is 11.7 Å². The number of rotatable bonds is 6. The number of likely N-dealkylation sites (tertiary alicyclic amines) is 1. The van der Waals surface area contributed by atoms with Crippen molar-refractivity contribution in [2.24, 2.45) is 5.92 Å². The van der Waals surface area contributed by atoms with Gasteiger partial charge in [-0.3, -0.25) is 4.79 Å². The van der Waals surface area contributed by atoms with Gasteiger partial charge < -0.3 is 19.7 Å². The number of hydrogen-bond acceptors (Lipinski definition) is 4. The van der Waals surface area contributed by atoms with E-state index in [0.29, 0.717) is 23.8 Å². The first-order valence-corrected chi connectivity index (χ1v) is 9.05. The second-order valence-corrected chi connectivity index (χ2v) is 6.76. The molecular weight excluding hydrogens is 304 g/mol. The van der Waals surface area contributed by atoms with Crippen LogP contribution in [0.5, 0.6) is 5.75 Å². The van der Waals surface area contributed by atoms with Crippen molar-refractivity contribution in [2.75, 3.05) is 39.9 Å². The van der Waals surface area contributed by atoms with Gasteiger partial charge in [0.1, 0.15) is 12.4 Å². The number of nitrogens with one attached hydrogen (secondary N) is 1. The number of nitrogens with zero attached hydrogens (tertiary/aromatic N) is 1. The third-order valence-electron chi connectivity index (χ3n) is 4.87. The van der Waals surface area contributed by atoms with Gasteiger partial charge in [-0.2, -0.15) is 0 Å². The van der Waals surface area contributed by atoms with Gasteiger partial charge in [0.15, 0.2) is 0 Å². The third kappa shape index (κ3) is 4.28. The van der Waals surface area contributed by atoms with Gasteiger partial charge in [-0.05, 0) is 57.3 Å². The van der Waals surface area contributed by atoms with E-state index in [1.165, 1.54) is 6.42 Å². The van der Waals surface area contributed by atoms with Crippen LogP contribution in [0.1, 0.15) is 36.0 Å². The summed E-state index contributed by atoms with van der Waals surface area (Å²) >= 11 is 0. The van der Waals surface area contributed by atoms with E-state index in [1.807, 2.05) is 36.2 Å². The monoisotopic (exact) mass is 332 g/mol. The first-order valence-electron chi connectivity index (χ1n) is 9.05. The van der Waals surface area contributed by atoms with Crippen molar-refractivity contribution >= 4 is 5.91 Å². The average molecular weight is 332 g/mol. The number of ether oxygens (including phenoxy) is 2. The van der Waals surface area contributed by atoms with E-state index in [2.05, 4.69) is 5.32 Å². The van der Waals surface area contributed by atoms with Crippen LogP contribution in [0, 0.1) is 5.92 Å². The van der Waals surface area contributed by atoms with E-state index in [0.717, 1.165) is 45.5 Å². The molecule has 1 aromatic rings. The maximum absolute atomic E-state index is 13.0. The van der Waals surface area contributed by atoms with E-state index in [-0.39, 0.29) is 12.0 Å². The smallest absolute Gasteiger partial charge is 0.257 e. The van der Waals surface area contributed by atoms with Gasteiger partial charge >= 0.3 is 0 Å². The molecular formula is C19H28N2O3. The maximum Gasteiger partial charge on any atom is 0.257 e. The average Bonchev–Trinajstić information content (AvgIpc) is 3.14. The summed E-state index contributed by atoms with van der Waals surface area (Å²) in [5.74, 6) is 1.29. The highest BCUT2D eigenvalue weighted by Crippen LogP contribution is 2.24. The molecule has 1 aromatic carbocycles. The number of amides is 1. The van der Waals surface area contributed by atoms with Crippen LogP contribution in [0.3, 0.4) is 0 Å². The quantitative estimate of drug-likeness (QED) is 0.868. The summed E-state index contributed by atoms with van der Waals surface area (Å²) in [4.78, 5) is 14.9. The molecule has 2 saturated heterocycles. The van der Waals surface area contributed by atoms with Crippen LogP contribution in [0.2, 0.25) is 0 Å². The zero-order chi connectivity index (χ0) is 16.8. The van der Waals surface area contributed by atoms with Gasteiger partial charge in [0, 0.05) is 19.7 Å². The lowest BCUT2D eigenvalue weighted by molar-refractivity contribution is 0.0621. The van der Waals surface area contributed by atoms with Crippen molar-refractivity contribution in [3.05, 3.63) is 29.8 Å². The molecule has 2 aliphatic heterocycles. The zero-order valence-corrected chi connectivity index (χ0v) is 14.5. The second kappa shape index (κ2) is 8.49. The maximum atomic E-state index is 13.0. The predicted octanol–water partition coefficient (Wildman–Crippen LogP) is 2.32. The van der Waals surface area contributed by atoms with Crippen molar-refractivity contribution < 1.29 is 14.3 Å². The molecule has 24 heavy (non-hydrogen) atoms. The minimum atomic E-state index is 0.0822. The summed E-state index contributed by atoms with van der Waals surface area (Å²) in [6.45, 7) is 3.95. The fraction of sp³-hybridized carbons (Fsp3) is 0.632. The van der Waals surface area contributed by atoms with Crippen LogP contribution < -0.4 is 10.1 Å². The SMILES string of the molecule is CNC[C@H]1CCCN(C(=O)c2ccccc2OC[C@@H]2CCCO2)C1.